The number of aromatic nitrogens is 2. The number of hydrogen-bond acceptors (Lipinski definition) is 4. The highest BCUT2D eigenvalue weighted by atomic mass is 16.2. The molecule has 6 nitrogen and oxygen atoms in total. The van der Waals surface area contributed by atoms with Crippen LogP contribution in [0.15, 0.2) is 39.9 Å². The van der Waals surface area contributed by atoms with Crippen molar-refractivity contribution in [2.24, 2.45) is 5.92 Å². The van der Waals surface area contributed by atoms with E-state index in [4.69, 9.17) is 0 Å². The van der Waals surface area contributed by atoms with Crippen LogP contribution in [0.5, 0.6) is 0 Å². The topological polar surface area (TPSA) is 72.2 Å². The highest BCUT2D eigenvalue weighted by Gasteiger charge is 2.43. The summed E-state index contributed by atoms with van der Waals surface area (Å²) in [6.45, 7) is 3.64. The van der Waals surface area contributed by atoms with E-state index in [9.17, 15) is 9.59 Å². The molecule has 2 aromatic rings. The van der Waals surface area contributed by atoms with Gasteiger partial charge >= 0.3 is 5.69 Å². The monoisotopic (exact) mass is 354 g/mol. The second-order valence-electron chi connectivity index (χ2n) is 7.37. The van der Waals surface area contributed by atoms with Gasteiger partial charge in [-0.1, -0.05) is 50.1 Å². The van der Waals surface area contributed by atoms with Crippen LogP contribution in [0.3, 0.4) is 0 Å². The first-order valence-electron chi connectivity index (χ1n) is 9.63. The maximum absolute atomic E-state index is 12.7. The summed E-state index contributed by atoms with van der Waals surface area (Å²) in [4.78, 5) is 34.4. The molecule has 2 heterocycles. The largest absolute Gasteiger partial charge is 0.339 e. The molecule has 0 spiro atoms. The molecule has 4 rings (SSSR count). The standard InChI is InChI=1S/C20H26N4O2/c1-2-12-23-17-16(18(25)22-20(26)21-17)24(13-14-8-4-3-5-9-14)19(23)15-10-6-7-11-15/h3-5,8-9,15,19H,2,6-7,10-13H2,1H3,(H2,21,22,25,26). The Balaban J connectivity index is 1.82. The number of fused-ring (bicyclic) bond motifs is 1. The van der Waals surface area contributed by atoms with Crippen LogP contribution in [-0.2, 0) is 6.54 Å². The van der Waals surface area contributed by atoms with Gasteiger partial charge in [0.25, 0.3) is 5.56 Å². The third-order valence-electron chi connectivity index (χ3n) is 5.59. The molecule has 2 aliphatic rings. The Labute approximate surface area is 152 Å². The molecule has 0 bridgehead atoms. The molecule has 0 amide bonds. The molecule has 1 aromatic heterocycles. The van der Waals surface area contributed by atoms with Crippen molar-refractivity contribution in [3.63, 3.8) is 0 Å². The molecule has 26 heavy (non-hydrogen) atoms. The second-order valence-corrected chi connectivity index (χ2v) is 7.37. The molecule has 0 saturated heterocycles. The predicted molar refractivity (Wildman–Crippen MR) is 104 cm³/mol. The minimum Gasteiger partial charge on any atom is -0.339 e. The highest BCUT2D eigenvalue weighted by molar-refractivity contribution is 5.73. The maximum atomic E-state index is 12.7. The molecular formula is C20H26N4O2. The van der Waals surface area contributed by atoms with Crippen molar-refractivity contribution in [2.75, 3.05) is 16.3 Å². The van der Waals surface area contributed by atoms with E-state index in [0.29, 0.717) is 24.0 Å². The highest BCUT2D eigenvalue weighted by Crippen LogP contribution is 2.42. The Morgan fingerprint density at radius 1 is 1.04 bits per heavy atom. The quantitative estimate of drug-likeness (QED) is 0.866. The second kappa shape index (κ2) is 7.02. The Kier molecular flexibility index (Phi) is 4.57. The first-order valence-corrected chi connectivity index (χ1v) is 9.63. The average molecular weight is 354 g/mol. The average Bonchev–Trinajstić information content (AvgIpc) is 3.23. The minimum absolute atomic E-state index is 0.131. The fourth-order valence-corrected chi connectivity index (χ4v) is 4.58. The summed E-state index contributed by atoms with van der Waals surface area (Å²) in [6, 6.07) is 10.2. The molecule has 138 valence electrons. The first kappa shape index (κ1) is 16.9. The molecule has 1 unspecified atom stereocenters. The lowest BCUT2D eigenvalue weighted by molar-refractivity contribution is 0.396. The smallest absolute Gasteiger partial charge is 0.327 e. The number of benzene rings is 1. The van der Waals surface area contributed by atoms with Crippen LogP contribution in [0.25, 0.3) is 0 Å². The summed E-state index contributed by atoms with van der Waals surface area (Å²) in [5, 5.41) is 0. The van der Waals surface area contributed by atoms with E-state index in [1.807, 2.05) is 18.2 Å². The Bertz CT molecular complexity index is 867. The Morgan fingerprint density at radius 2 is 1.77 bits per heavy atom. The number of nitrogens with one attached hydrogen (secondary N) is 2. The molecule has 0 radical (unpaired) electrons. The van der Waals surface area contributed by atoms with E-state index < -0.39 is 5.69 Å². The van der Waals surface area contributed by atoms with Gasteiger partial charge in [0.1, 0.15) is 17.7 Å². The van der Waals surface area contributed by atoms with Crippen molar-refractivity contribution in [1.29, 1.82) is 0 Å². The summed E-state index contributed by atoms with van der Waals surface area (Å²) in [6.07, 6.45) is 5.93. The summed E-state index contributed by atoms with van der Waals surface area (Å²) < 4.78 is 0. The summed E-state index contributed by atoms with van der Waals surface area (Å²) in [5.41, 5.74) is 1.06. The fourth-order valence-electron chi connectivity index (χ4n) is 4.58. The van der Waals surface area contributed by atoms with E-state index in [-0.39, 0.29) is 11.7 Å². The number of aromatic amines is 2. The van der Waals surface area contributed by atoms with Crippen LogP contribution >= 0.6 is 0 Å². The van der Waals surface area contributed by atoms with Crippen LogP contribution in [-0.4, -0.2) is 22.7 Å². The van der Waals surface area contributed by atoms with Crippen LogP contribution in [0, 0.1) is 5.92 Å². The molecule has 1 saturated carbocycles. The van der Waals surface area contributed by atoms with Crippen molar-refractivity contribution in [3.8, 4) is 0 Å². The van der Waals surface area contributed by atoms with Crippen LogP contribution < -0.4 is 21.0 Å². The van der Waals surface area contributed by atoms with Gasteiger partial charge in [0.15, 0.2) is 0 Å². The molecule has 6 heteroatoms. The van der Waals surface area contributed by atoms with E-state index in [0.717, 1.165) is 13.0 Å². The molecule has 1 aromatic carbocycles. The molecule has 1 atom stereocenters. The SMILES string of the molecule is CCCN1c2[nH]c(=O)[nH]c(=O)c2N(Cc2ccccc2)C1C1CCCC1. The number of hydrogen-bond donors (Lipinski definition) is 2. The van der Waals surface area contributed by atoms with Crippen molar-refractivity contribution in [1.82, 2.24) is 9.97 Å². The van der Waals surface area contributed by atoms with Gasteiger partial charge in [-0.2, -0.15) is 0 Å². The van der Waals surface area contributed by atoms with Crippen molar-refractivity contribution in [3.05, 3.63) is 56.7 Å². The summed E-state index contributed by atoms with van der Waals surface area (Å²) in [5.74, 6) is 1.20. The van der Waals surface area contributed by atoms with Crippen molar-refractivity contribution >= 4 is 11.5 Å². The predicted octanol–water partition coefficient (Wildman–Crippen LogP) is 2.82. The van der Waals surface area contributed by atoms with E-state index in [1.54, 1.807) is 0 Å². The van der Waals surface area contributed by atoms with Gasteiger partial charge in [0.2, 0.25) is 0 Å². The van der Waals surface area contributed by atoms with E-state index in [1.165, 1.54) is 31.2 Å². The van der Waals surface area contributed by atoms with Crippen LogP contribution in [0.1, 0.15) is 44.6 Å². The zero-order valence-electron chi connectivity index (χ0n) is 15.2. The first-order chi connectivity index (χ1) is 12.7. The fraction of sp³-hybridized carbons (Fsp3) is 0.500. The van der Waals surface area contributed by atoms with Gasteiger partial charge < -0.3 is 9.80 Å². The lowest BCUT2D eigenvalue weighted by atomic mass is 10.0. The van der Waals surface area contributed by atoms with Gasteiger partial charge in [0, 0.05) is 13.1 Å². The minimum atomic E-state index is -0.429. The normalized spacial score (nSPS) is 20.0. The Hall–Kier alpha value is -2.50. The third-order valence-corrected chi connectivity index (χ3v) is 5.59. The number of rotatable bonds is 5. The van der Waals surface area contributed by atoms with Gasteiger partial charge in [-0.25, -0.2) is 4.79 Å². The van der Waals surface area contributed by atoms with Crippen LogP contribution in [0.4, 0.5) is 11.5 Å². The molecule has 1 aliphatic carbocycles. The van der Waals surface area contributed by atoms with Gasteiger partial charge in [-0.05, 0) is 30.7 Å². The van der Waals surface area contributed by atoms with Gasteiger partial charge in [-0.15, -0.1) is 0 Å². The summed E-state index contributed by atoms with van der Waals surface area (Å²) in [7, 11) is 0. The zero-order chi connectivity index (χ0) is 18.1. The van der Waals surface area contributed by atoms with Gasteiger partial charge in [0.05, 0.1) is 0 Å². The number of anilines is 2. The van der Waals surface area contributed by atoms with Gasteiger partial charge in [-0.3, -0.25) is 14.8 Å². The van der Waals surface area contributed by atoms with Crippen molar-refractivity contribution in [2.45, 2.75) is 51.7 Å². The lowest BCUT2D eigenvalue weighted by Gasteiger charge is -2.36. The molecule has 2 N–H and O–H groups in total. The lowest BCUT2D eigenvalue weighted by Crippen LogP contribution is -2.48. The molecule has 1 aliphatic heterocycles. The molecule has 1 fully saturated rings. The van der Waals surface area contributed by atoms with Crippen molar-refractivity contribution < 1.29 is 0 Å². The zero-order valence-corrected chi connectivity index (χ0v) is 15.2. The summed E-state index contributed by atoms with van der Waals surface area (Å²) >= 11 is 0. The van der Waals surface area contributed by atoms with E-state index >= 15 is 0 Å². The maximum Gasteiger partial charge on any atom is 0.327 e. The number of nitrogens with zero attached hydrogens (tertiary/aromatic N) is 2. The molecular weight excluding hydrogens is 328 g/mol. The number of H-pyrrole nitrogens is 2. The third kappa shape index (κ3) is 2.93. The van der Waals surface area contributed by atoms with E-state index in [2.05, 4.69) is 38.8 Å². The van der Waals surface area contributed by atoms with Crippen LogP contribution in [0.2, 0.25) is 0 Å². The Morgan fingerprint density at radius 3 is 2.46 bits per heavy atom.